The number of nitrogens with two attached hydrogens (primary N) is 1. The highest BCUT2D eigenvalue weighted by Crippen LogP contribution is 2.15. The normalized spacial score (nSPS) is 9.93. The molecule has 0 unspecified atom stereocenters. The second-order valence-electron chi connectivity index (χ2n) is 10.3. The predicted octanol–water partition coefficient (Wildman–Crippen LogP) is 6.34. The fraction of sp³-hybridized carbons (Fsp3) is 0.389. The third-order valence-corrected chi connectivity index (χ3v) is 11.9. The Kier molecular flexibility index (Phi) is 30.4. The van der Waals surface area contributed by atoms with Crippen LogP contribution in [0.5, 0.6) is 0 Å². The number of rotatable bonds is 11. The van der Waals surface area contributed by atoms with Gasteiger partial charge in [-0.15, -0.1) is 35.9 Å². The minimum Gasteiger partial charge on any atom is -0.324 e. The van der Waals surface area contributed by atoms with E-state index in [9.17, 15) is 16.8 Å². The molecule has 0 aliphatic carbocycles. The number of nitriles is 2. The zero-order valence-electron chi connectivity index (χ0n) is 32.7. The highest BCUT2D eigenvalue weighted by Gasteiger charge is 2.12. The maximum Gasteiger partial charge on any atom is 0.232 e. The lowest BCUT2D eigenvalue weighted by Crippen LogP contribution is -2.08. The lowest BCUT2D eigenvalue weighted by Gasteiger charge is -2.00. The van der Waals surface area contributed by atoms with Crippen molar-refractivity contribution in [3.8, 4) is 12.1 Å². The van der Waals surface area contributed by atoms with Crippen molar-refractivity contribution in [3.05, 3.63) is 95.6 Å². The molecule has 0 aliphatic rings. The number of sulfone groups is 2. The quantitative estimate of drug-likeness (QED) is 0.141. The number of nitrogens with zero attached hydrogens (tertiary/aromatic N) is 12. The molecule has 2 N–H and O–H groups in total. The highest BCUT2D eigenvalue weighted by atomic mass is 79.9. The van der Waals surface area contributed by atoms with Crippen molar-refractivity contribution < 1.29 is 16.8 Å². The molecule has 0 bridgehead atoms. The third-order valence-electron chi connectivity index (χ3n) is 6.41. The summed E-state index contributed by atoms with van der Waals surface area (Å²) in [5.41, 5.74) is 5.27. The monoisotopic (exact) mass is 969 g/mol. The van der Waals surface area contributed by atoms with Gasteiger partial charge in [0.25, 0.3) is 0 Å². The molecule has 0 aliphatic heterocycles. The molecule has 5 heterocycles. The van der Waals surface area contributed by atoms with Crippen LogP contribution in [0.15, 0.2) is 86.0 Å². The molecule has 17 nitrogen and oxygen atoms in total. The van der Waals surface area contributed by atoms with E-state index in [0.29, 0.717) is 18.1 Å². The molecule has 5 aromatic rings. The van der Waals surface area contributed by atoms with E-state index in [4.69, 9.17) is 16.3 Å². The Balaban J connectivity index is 0. The molecule has 0 saturated carbocycles. The summed E-state index contributed by atoms with van der Waals surface area (Å²) in [6.07, 6.45) is 17.1. The first-order valence-corrected chi connectivity index (χ1v) is 23.3. The number of halogens is 2. The zero-order valence-corrected chi connectivity index (χ0v) is 38.4. The second-order valence-corrected chi connectivity index (χ2v) is 18.4. The summed E-state index contributed by atoms with van der Waals surface area (Å²) < 4.78 is 46.0. The van der Waals surface area contributed by atoms with E-state index in [1.807, 2.05) is 31.5 Å². The van der Waals surface area contributed by atoms with Crippen LogP contribution in [0.4, 0.5) is 0 Å². The molecule has 5 rings (SSSR count). The van der Waals surface area contributed by atoms with Crippen LogP contribution in [0.2, 0.25) is 0 Å². The van der Waals surface area contributed by atoms with Crippen LogP contribution < -0.4 is 5.73 Å². The van der Waals surface area contributed by atoms with Gasteiger partial charge < -0.3 is 5.73 Å². The molecule has 5 aromatic heterocycles. The van der Waals surface area contributed by atoms with Crippen molar-refractivity contribution in [3.63, 3.8) is 0 Å². The number of thioether (sulfide) groups is 2. The summed E-state index contributed by atoms with van der Waals surface area (Å²) in [4.78, 5) is 41.3. The molecule has 59 heavy (non-hydrogen) atoms. The molecule has 0 amide bonds. The van der Waals surface area contributed by atoms with E-state index >= 15 is 0 Å². The van der Waals surface area contributed by atoms with Crippen molar-refractivity contribution in [1.29, 1.82) is 10.5 Å². The standard InChI is InChI=1S/C8H12N2O2S.C8H12N2S.C7H11N3O2S.C7H7N3S.C5H2BrN3.CH4.ClH/c1-3-8-9-5-7(6-10-8)13(11,12)4-2;1-3-8-9-5-7(6-10-8)11-4-2;1-2-13(11,12)6-4-9-7(3-8)10-5-6;1-2-11-6-4-9-7(3-8)10-5-6;6-4-2-8-5(1-7)9-3-4;;/h5-6H,3-4H2,1-2H3;5-6H,3-4H2,1-2H3;4-5H,2-3,8H2,1H3;4-5H,2H2,1H3;2-3H;1H4;1H. The van der Waals surface area contributed by atoms with Gasteiger partial charge >= 0.3 is 0 Å². The summed E-state index contributed by atoms with van der Waals surface area (Å²) in [5.74, 6) is 4.66. The molecular formula is C36H49BrClN13O4S4. The van der Waals surface area contributed by atoms with Gasteiger partial charge in [0.2, 0.25) is 11.6 Å². The topological polar surface area (TPSA) is 271 Å². The average Bonchev–Trinajstić information content (AvgIpc) is 3.25. The first-order valence-electron chi connectivity index (χ1n) is 17.2. The molecule has 0 fully saturated rings. The van der Waals surface area contributed by atoms with Crippen molar-refractivity contribution in [1.82, 2.24) is 49.8 Å². The van der Waals surface area contributed by atoms with E-state index in [-0.39, 0.29) is 59.3 Å². The van der Waals surface area contributed by atoms with E-state index in [0.717, 1.165) is 38.0 Å². The first-order chi connectivity index (χ1) is 27.2. The van der Waals surface area contributed by atoms with Gasteiger partial charge in [0.1, 0.15) is 39.4 Å². The van der Waals surface area contributed by atoms with Crippen LogP contribution in [-0.2, 0) is 39.1 Å². The van der Waals surface area contributed by atoms with Crippen LogP contribution in [0, 0.1) is 22.7 Å². The maximum atomic E-state index is 11.3. The number of hydrogen-bond donors (Lipinski definition) is 1. The number of aryl methyl sites for hydroxylation is 2. The largest absolute Gasteiger partial charge is 0.324 e. The van der Waals surface area contributed by atoms with Crippen molar-refractivity contribution >= 4 is 71.5 Å². The fourth-order valence-corrected chi connectivity index (χ4v) is 6.28. The molecule has 23 heteroatoms. The lowest BCUT2D eigenvalue weighted by molar-refractivity contribution is 0.594. The van der Waals surface area contributed by atoms with Crippen LogP contribution >= 0.6 is 51.9 Å². The number of aromatic nitrogens is 10. The maximum absolute atomic E-state index is 11.3. The van der Waals surface area contributed by atoms with Gasteiger partial charge in [0.05, 0.1) is 22.5 Å². The average molecular weight is 971 g/mol. The van der Waals surface area contributed by atoms with Gasteiger partial charge in [-0.1, -0.05) is 49.0 Å². The molecule has 0 aromatic carbocycles. The second kappa shape index (κ2) is 31.6. The third kappa shape index (κ3) is 22.6. The minimum absolute atomic E-state index is 0. The summed E-state index contributed by atoms with van der Waals surface area (Å²) in [6.45, 7) is 11.5. The summed E-state index contributed by atoms with van der Waals surface area (Å²) in [7, 11) is -6.34. The minimum atomic E-state index is -3.19. The highest BCUT2D eigenvalue weighted by molar-refractivity contribution is 9.10. The fourth-order valence-electron chi connectivity index (χ4n) is 3.38. The Hall–Kier alpha value is -4.29. The van der Waals surface area contributed by atoms with Crippen molar-refractivity contribution in [2.24, 2.45) is 5.73 Å². The Morgan fingerprint density at radius 2 is 0.864 bits per heavy atom. The molecule has 0 saturated heterocycles. The van der Waals surface area contributed by atoms with Crippen LogP contribution in [0.25, 0.3) is 0 Å². The smallest absolute Gasteiger partial charge is 0.232 e. The van der Waals surface area contributed by atoms with Crippen LogP contribution in [0.1, 0.15) is 78.1 Å². The Morgan fingerprint density at radius 1 is 0.559 bits per heavy atom. The van der Waals surface area contributed by atoms with E-state index in [1.165, 1.54) is 37.2 Å². The summed E-state index contributed by atoms with van der Waals surface area (Å²) in [5, 5.41) is 16.6. The predicted molar refractivity (Wildman–Crippen MR) is 236 cm³/mol. The van der Waals surface area contributed by atoms with Gasteiger partial charge in [-0.2, -0.15) is 10.5 Å². The Labute approximate surface area is 370 Å². The Morgan fingerprint density at radius 3 is 1.15 bits per heavy atom. The van der Waals surface area contributed by atoms with Gasteiger partial charge in [-0.3, -0.25) is 0 Å². The zero-order chi connectivity index (χ0) is 42.7. The summed E-state index contributed by atoms with van der Waals surface area (Å²) >= 11 is 6.57. The van der Waals surface area contributed by atoms with Gasteiger partial charge in [-0.25, -0.2) is 66.7 Å². The molecular weight excluding hydrogens is 922 g/mol. The van der Waals surface area contributed by atoms with E-state index < -0.39 is 19.7 Å². The van der Waals surface area contributed by atoms with E-state index in [1.54, 1.807) is 49.8 Å². The van der Waals surface area contributed by atoms with E-state index in [2.05, 4.69) is 86.5 Å². The van der Waals surface area contributed by atoms with Gasteiger partial charge in [0.15, 0.2) is 19.7 Å². The van der Waals surface area contributed by atoms with Gasteiger partial charge in [-0.05, 0) is 27.4 Å². The number of hydrogen-bond acceptors (Lipinski definition) is 19. The molecule has 0 radical (unpaired) electrons. The molecule has 320 valence electrons. The summed E-state index contributed by atoms with van der Waals surface area (Å²) in [6, 6.07) is 3.68. The van der Waals surface area contributed by atoms with Crippen LogP contribution in [-0.4, -0.2) is 89.7 Å². The van der Waals surface area contributed by atoms with Crippen molar-refractivity contribution in [2.45, 2.75) is 87.9 Å². The SMILES string of the molecule is C.CCS(=O)(=O)c1cnc(CN)nc1.CCSc1cnc(C#N)nc1.CCSc1cnc(CC)nc1.CCc1ncc(S(=O)(=O)CC)cn1.Cl.N#Cc1ncc(Br)cn1. The van der Waals surface area contributed by atoms with Crippen LogP contribution in [0.3, 0.4) is 0 Å². The lowest BCUT2D eigenvalue weighted by atomic mass is 10.4. The molecule has 0 spiro atoms. The van der Waals surface area contributed by atoms with Crippen molar-refractivity contribution in [2.75, 3.05) is 23.0 Å². The van der Waals surface area contributed by atoms with Gasteiger partial charge in [0, 0.05) is 84.6 Å². The molecule has 0 atom stereocenters. The first kappa shape index (κ1) is 56.8. The Bertz CT molecular complexity index is 2120.